The second kappa shape index (κ2) is 8.23. The molecule has 0 saturated heterocycles. The van der Waals surface area contributed by atoms with Gasteiger partial charge in [0.1, 0.15) is 10.6 Å². The van der Waals surface area contributed by atoms with Crippen LogP contribution in [0.4, 0.5) is 5.69 Å². The molecule has 7 heteroatoms. The van der Waals surface area contributed by atoms with Crippen LogP contribution in [-0.4, -0.2) is 18.2 Å². The van der Waals surface area contributed by atoms with Gasteiger partial charge in [-0.3, -0.25) is 9.40 Å². The number of aryl methyl sites for hydroxylation is 1. The van der Waals surface area contributed by atoms with Gasteiger partial charge in [0.15, 0.2) is 0 Å². The molecule has 0 saturated carbocycles. The quantitative estimate of drug-likeness (QED) is 0.454. The molecule has 0 aliphatic heterocycles. The molecule has 5 nitrogen and oxygen atoms in total. The van der Waals surface area contributed by atoms with Crippen LogP contribution >= 0.6 is 11.3 Å². The topological polar surface area (TPSA) is 64.0 Å². The average molecular weight is 424 g/mol. The maximum atomic E-state index is 13.3. The predicted molar refractivity (Wildman–Crippen MR) is 118 cm³/mol. The zero-order valence-corrected chi connectivity index (χ0v) is 17.6. The number of sulfonamides is 1. The Morgan fingerprint density at radius 3 is 2.48 bits per heavy atom. The molecule has 0 aliphatic carbocycles. The van der Waals surface area contributed by atoms with Crippen LogP contribution in [0.25, 0.3) is 10.6 Å². The molecule has 29 heavy (non-hydrogen) atoms. The highest BCUT2D eigenvalue weighted by molar-refractivity contribution is 7.92. The van der Waals surface area contributed by atoms with Gasteiger partial charge < -0.3 is 0 Å². The van der Waals surface area contributed by atoms with E-state index >= 15 is 0 Å². The highest BCUT2D eigenvalue weighted by atomic mass is 32.2. The maximum absolute atomic E-state index is 13.3. The highest BCUT2D eigenvalue weighted by Crippen LogP contribution is 2.31. The third-order valence-corrected chi connectivity index (χ3v) is 6.85. The molecule has 4 aromatic rings. The largest absolute Gasteiger partial charge is 0.279 e. The molecule has 4 rings (SSSR count). The van der Waals surface area contributed by atoms with Gasteiger partial charge in [0.2, 0.25) is 0 Å². The summed E-state index contributed by atoms with van der Waals surface area (Å²) in [5.41, 5.74) is 3.08. The van der Waals surface area contributed by atoms with Crippen molar-refractivity contribution in [1.82, 2.24) is 9.78 Å². The first-order chi connectivity index (χ1) is 14.1. The van der Waals surface area contributed by atoms with E-state index in [4.69, 9.17) is 0 Å². The molecule has 0 radical (unpaired) electrons. The number of anilines is 1. The first-order valence-electron chi connectivity index (χ1n) is 9.33. The standard InChI is InChI=1S/C22H21N3O2S2/c1-2-18-11-6-7-12-19(18)24-29(26,27)21-16-25(15-17-9-4-3-5-10-17)23-22(21)20-13-8-14-28-20/h3-14,16,24H,2,15H2,1H3. The van der Waals surface area contributed by atoms with E-state index in [1.807, 2.05) is 73.0 Å². The van der Waals surface area contributed by atoms with Gasteiger partial charge in [-0.25, -0.2) is 8.42 Å². The normalized spacial score (nSPS) is 11.5. The smallest absolute Gasteiger partial charge is 0.265 e. The lowest BCUT2D eigenvalue weighted by Crippen LogP contribution is -2.14. The monoisotopic (exact) mass is 423 g/mol. The van der Waals surface area contributed by atoms with Crippen molar-refractivity contribution in [2.45, 2.75) is 24.8 Å². The van der Waals surface area contributed by atoms with Gasteiger partial charge in [-0.2, -0.15) is 5.10 Å². The zero-order chi connectivity index (χ0) is 20.3. The van der Waals surface area contributed by atoms with Crippen LogP contribution < -0.4 is 4.72 Å². The van der Waals surface area contributed by atoms with Crippen molar-refractivity contribution in [1.29, 1.82) is 0 Å². The lowest BCUT2D eigenvalue weighted by Gasteiger charge is -2.11. The number of aromatic nitrogens is 2. The van der Waals surface area contributed by atoms with E-state index in [0.717, 1.165) is 22.4 Å². The molecule has 0 atom stereocenters. The summed E-state index contributed by atoms with van der Waals surface area (Å²) < 4.78 is 31.0. The molecule has 0 amide bonds. The summed E-state index contributed by atoms with van der Waals surface area (Å²) in [5.74, 6) is 0. The van der Waals surface area contributed by atoms with Gasteiger partial charge in [-0.05, 0) is 35.1 Å². The third kappa shape index (κ3) is 4.26. The van der Waals surface area contributed by atoms with Crippen LogP contribution in [0.15, 0.2) is 83.2 Å². The van der Waals surface area contributed by atoms with Crippen molar-refractivity contribution < 1.29 is 8.42 Å². The van der Waals surface area contributed by atoms with Crippen molar-refractivity contribution in [3.8, 4) is 10.6 Å². The Balaban J connectivity index is 1.75. The van der Waals surface area contributed by atoms with Gasteiger partial charge in [-0.15, -0.1) is 11.3 Å². The lowest BCUT2D eigenvalue weighted by atomic mass is 10.1. The molecular formula is C22H21N3O2S2. The Morgan fingerprint density at radius 1 is 1.00 bits per heavy atom. The lowest BCUT2D eigenvalue weighted by molar-refractivity contribution is 0.601. The number of nitrogens with one attached hydrogen (secondary N) is 1. The summed E-state index contributed by atoms with van der Waals surface area (Å²) in [6.07, 6.45) is 2.35. The number of benzene rings is 2. The molecular weight excluding hydrogens is 402 g/mol. The van der Waals surface area contributed by atoms with Crippen LogP contribution in [0, 0.1) is 0 Å². The number of hydrogen-bond donors (Lipinski definition) is 1. The average Bonchev–Trinajstić information content (AvgIpc) is 3.39. The summed E-state index contributed by atoms with van der Waals surface area (Å²) in [7, 11) is -3.80. The van der Waals surface area contributed by atoms with E-state index in [1.54, 1.807) is 16.9 Å². The molecule has 148 valence electrons. The minimum absolute atomic E-state index is 0.182. The second-order valence-electron chi connectivity index (χ2n) is 6.62. The molecule has 0 fully saturated rings. The van der Waals surface area contributed by atoms with E-state index in [9.17, 15) is 8.42 Å². The van der Waals surface area contributed by atoms with Crippen molar-refractivity contribution in [2.24, 2.45) is 0 Å². The Morgan fingerprint density at radius 2 is 1.76 bits per heavy atom. The van der Waals surface area contributed by atoms with Gasteiger partial charge in [0.25, 0.3) is 10.0 Å². The van der Waals surface area contributed by atoms with Gasteiger partial charge in [-0.1, -0.05) is 61.5 Å². The van der Waals surface area contributed by atoms with Gasteiger partial charge in [0, 0.05) is 6.20 Å². The summed E-state index contributed by atoms with van der Waals surface area (Å²) in [6.45, 7) is 2.50. The van der Waals surface area contributed by atoms with Crippen LogP contribution in [0.2, 0.25) is 0 Å². The fourth-order valence-corrected chi connectivity index (χ4v) is 5.22. The first-order valence-corrected chi connectivity index (χ1v) is 11.7. The van der Waals surface area contributed by atoms with Gasteiger partial charge >= 0.3 is 0 Å². The van der Waals surface area contributed by atoms with Crippen LogP contribution in [0.1, 0.15) is 18.1 Å². The number of nitrogens with zero attached hydrogens (tertiary/aromatic N) is 2. The number of hydrogen-bond acceptors (Lipinski definition) is 4. The van der Waals surface area contributed by atoms with Crippen LogP contribution in [0.3, 0.4) is 0 Å². The van der Waals surface area contributed by atoms with E-state index < -0.39 is 10.0 Å². The molecule has 0 aliphatic rings. The molecule has 0 unspecified atom stereocenters. The minimum atomic E-state index is -3.80. The van der Waals surface area contributed by atoms with E-state index in [2.05, 4.69) is 9.82 Å². The summed E-state index contributed by atoms with van der Waals surface area (Å²) in [5, 5.41) is 6.52. The van der Waals surface area contributed by atoms with Crippen molar-refractivity contribution in [3.63, 3.8) is 0 Å². The zero-order valence-electron chi connectivity index (χ0n) is 15.9. The minimum Gasteiger partial charge on any atom is -0.279 e. The molecule has 2 heterocycles. The van der Waals surface area contributed by atoms with Crippen LogP contribution in [-0.2, 0) is 23.0 Å². The Hall–Kier alpha value is -2.90. The molecule has 1 N–H and O–H groups in total. The van der Waals surface area contributed by atoms with Crippen LogP contribution in [0.5, 0.6) is 0 Å². The fraction of sp³-hybridized carbons (Fsp3) is 0.136. The SMILES string of the molecule is CCc1ccccc1NS(=O)(=O)c1cn(Cc2ccccc2)nc1-c1cccs1. The molecule has 2 aromatic heterocycles. The number of rotatable bonds is 7. The molecule has 2 aromatic carbocycles. The van der Waals surface area contributed by atoms with Crippen molar-refractivity contribution in [2.75, 3.05) is 4.72 Å². The molecule has 0 bridgehead atoms. The second-order valence-corrected chi connectivity index (χ2v) is 9.22. The summed E-state index contributed by atoms with van der Waals surface area (Å²) in [6, 6.07) is 21.1. The predicted octanol–water partition coefficient (Wildman–Crippen LogP) is 5.02. The van der Waals surface area contributed by atoms with E-state index in [1.165, 1.54) is 11.3 Å². The molecule has 0 spiro atoms. The highest BCUT2D eigenvalue weighted by Gasteiger charge is 2.25. The third-order valence-electron chi connectivity index (χ3n) is 4.60. The first kappa shape index (κ1) is 19.4. The number of thiophene rings is 1. The Bertz CT molecular complexity index is 1200. The van der Waals surface area contributed by atoms with E-state index in [-0.39, 0.29) is 4.90 Å². The summed E-state index contributed by atoms with van der Waals surface area (Å²) in [4.78, 5) is 1.00. The van der Waals surface area contributed by atoms with Crippen molar-refractivity contribution >= 4 is 27.0 Å². The maximum Gasteiger partial charge on any atom is 0.265 e. The fourth-order valence-electron chi connectivity index (χ4n) is 3.16. The van der Waals surface area contributed by atoms with Crippen molar-refractivity contribution in [3.05, 3.63) is 89.4 Å². The van der Waals surface area contributed by atoms with Gasteiger partial charge in [0.05, 0.1) is 17.1 Å². The Kier molecular flexibility index (Phi) is 5.51. The van der Waals surface area contributed by atoms with E-state index in [0.29, 0.717) is 17.9 Å². The summed E-state index contributed by atoms with van der Waals surface area (Å²) >= 11 is 1.47. The Labute approximate surface area is 174 Å². The number of para-hydroxylation sites is 1.